The van der Waals surface area contributed by atoms with Crippen LogP contribution in [-0.4, -0.2) is 48.3 Å². The molecule has 0 amide bonds. The van der Waals surface area contributed by atoms with Crippen LogP contribution >= 0.6 is 0 Å². The number of aliphatic hydroxyl groups excluding tert-OH is 1. The van der Waals surface area contributed by atoms with Crippen LogP contribution in [0.15, 0.2) is 0 Å². The number of hydrogen-bond acceptors (Lipinski definition) is 3. The number of hydrogen-bond donors (Lipinski definition) is 2. The van der Waals surface area contributed by atoms with Gasteiger partial charge in [-0.1, -0.05) is 27.2 Å². The highest BCUT2D eigenvalue weighted by Crippen LogP contribution is 2.36. The maximum atomic E-state index is 9.35. The summed E-state index contributed by atoms with van der Waals surface area (Å²) in [5.74, 6) is 2.39. The zero-order chi connectivity index (χ0) is 14.5. The summed E-state index contributed by atoms with van der Waals surface area (Å²) in [6.45, 7) is 10.5. The Bertz CT molecular complexity index is 280. The van der Waals surface area contributed by atoms with Crippen molar-refractivity contribution in [2.24, 2.45) is 17.8 Å². The molecule has 0 saturated heterocycles. The van der Waals surface area contributed by atoms with E-state index >= 15 is 0 Å². The van der Waals surface area contributed by atoms with E-state index in [0.29, 0.717) is 12.6 Å². The Hall–Kier alpha value is -0.120. The highest BCUT2D eigenvalue weighted by Gasteiger charge is 2.36. The van der Waals surface area contributed by atoms with Gasteiger partial charge in [-0.05, 0) is 50.0 Å². The Balaban J connectivity index is 1.98. The molecule has 2 rings (SSSR count). The Kier molecular flexibility index (Phi) is 6.31. The molecular weight excluding hydrogens is 248 g/mol. The predicted octanol–water partition coefficient (Wildman–Crippen LogP) is 2.49. The van der Waals surface area contributed by atoms with Crippen LogP contribution in [0.3, 0.4) is 0 Å². The van der Waals surface area contributed by atoms with E-state index in [2.05, 4.69) is 31.0 Å². The number of nitrogens with zero attached hydrogens (tertiary/aromatic N) is 1. The normalized spacial score (nSPS) is 35.2. The molecule has 2 fully saturated rings. The number of rotatable bonds is 7. The first-order chi connectivity index (χ1) is 9.65. The Morgan fingerprint density at radius 1 is 1.20 bits per heavy atom. The summed E-state index contributed by atoms with van der Waals surface area (Å²) in [7, 11) is 0. The quantitative estimate of drug-likeness (QED) is 0.753. The van der Waals surface area contributed by atoms with Gasteiger partial charge in [-0.15, -0.1) is 0 Å². The first-order valence-corrected chi connectivity index (χ1v) is 8.74. The van der Waals surface area contributed by atoms with Gasteiger partial charge < -0.3 is 10.4 Å². The van der Waals surface area contributed by atoms with E-state index < -0.39 is 0 Å². The summed E-state index contributed by atoms with van der Waals surface area (Å²) in [6, 6.07) is 1.41. The zero-order valence-corrected chi connectivity index (χ0v) is 13.6. The highest BCUT2D eigenvalue weighted by molar-refractivity contribution is 4.91. The molecule has 20 heavy (non-hydrogen) atoms. The standard InChI is InChI=1S/C17H34N2O/c1-4-18-17-11-13(2)10-14(3)16(17)12-19(8-9-20)15-6-5-7-15/h13-18,20H,4-12H2,1-3H3. The maximum Gasteiger partial charge on any atom is 0.0558 e. The van der Waals surface area contributed by atoms with Crippen LogP contribution in [0.1, 0.15) is 52.9 Å². The van der Waals surface area contributed by atoms with Gasteiger partial charge in [0.15, 0.2) is 0 Å². The second kappa shape index (κ2) is 7.77. The molecule has 2 N–H and O–H groups in total. The summed E-state index contributed by atoms with van der Waals surface area (Å²) in [4.78, 5) is 2.57. The van der Waals surface area contributed by atoms with Crippen molar-refractivity contribution < 1.29 is 5.11 Å². The van der Waals surface area contributed by atoms with Gasteiger partial charge in [0.2, 0.25) is 0 Å². The van der Waals surface area contributed by atoms with Gasteiger partial charge in [0.05, 0.1) is 6.61 Å². The molecule has 0 aromatic rings. The van der Waals surface area contributed by atoms with Crippen molar-refractivity contribution in [3.8, 4) is 0 Å². The molecular formula is C17H34N2O. The first-order valence-electron chi connectivity index (χ1n) is 8.74. The van der Waals surface area contributed by atoms with E-state index in [1.54, 1.807) is 0 Å². The van der Waals surface area contributed by atoms with Gasteiger partial charge in [0, 0.05) is 25.2 Å². The highest BCUT2D eigenvalue weighted by atomic mass is 16.3. The topological polar surface area (TPSA) is 35.5 Å². The van der Waals surface area contributed by atoms with Crippen molar-refractivity contribution in [1.29, 1.82) is 0 Å². The van der Waals surface area contributed by atoms with Crippen molar-refractivity contribution >= 4 is 0 Å². The lowest BCUT2D eigenvalue weighted by atomic mass is 9.71. The second-order valence-corrected chi connectivity index (χ2v) is 7.19. The minimum Gasteiger partial charge on any atom is -0.395 e. The van der Waals surface area contributed by atoms with E-state index in [1.165, 1.54) is 38.6 Å². The molecule has 4 unspecified atom stereocenters. The van der Waals surface area contributed by atoms with Crippen LogP contribution in [0, 0.1) is 17.8 Å². The lowest BCUT2D eigenvalue weighted by Crippen LogP contribution is -2.52. The maximum absolute atomic E-state index is 9.35. The van der Waals surface area contributed by atoms with Crippen molar-refractivity contribution in [2.45, 2.75) is 65.0 Å². The molecule has 2 aliphatic carbocycles. The summed E-state index contributed by atoms with van der Waals surface area (Å²) < 4.78 is 0. The fraction of sp³-hybridized carbons (Fsp3) is 1.00. The van der Waals surface area contributed by atoms with E-state index in [-0.39, 0.29) is 0 Å². The summed E-state index contributed by atoms with van der Waals surface area (Å²) in [5, 5.41) is 13.1. The fourth-order valence-corrected chi connectivity index (χ4v) is 4.29. The molecule has 118 valence electrons. The molecule has 0 spiro atoms. The van der Waals surface area contributed by atoms with Crippen LogP contribution in [0.2, 0.25) is 0 Å². The fourth-order valence-electron chi connectivity index (χ4n) is 4.29. The lowest BCUT2D eigenvalue weighted by Gasteiger charge is -2.45. The van der Waals surface area contributed by atoms with Crippen molar-refractivity contribution in [3.05, 3.63) is 0 Å². The van der Waals surface area contributed by atoms with Crippen LogP contribution in [-0.2, 0) is 0 Å². The average Bonchev–Trinajstić information content (AvgIpc) is 2.31. The second-order valence-electron chi connectivity index (χ2n) is 7.19. The number of aliphatic hydroxyl groups is 1. The molecule has 2 aliphatic rings. The molecule has 0 aromatic heterocycles. The predicted molar refractivity (Wildman–Crippen MR) is 84.8 cm³/mol. The van der Waals surface area contributed by atoms with Gasteiger partial charge in [0.1, 0.15) is 0 Å². The lowest BCUT2D eigenvalue weighted by molar-refractivity contribution is 0.0440. The zero-order valence-electron chi connectivity index (χ0n) is 13.6. The third-order valence-corrected chi connectivity index (χ3v) is 5.57. The van der Waals surface area contributed by atoms with Gasteiger partial charge in [0.25, 0.3) is 0 Å². The molecule has 0 aromatic carbocycles. The minimum atomic E-state index is 0.305. The smallest absolute Gasteiger partial charge is 0.0558 e. The Labute approximate surface area is 125 Å². The molecule has 3 heteroatoms. The minimum absolute atomic E-state index is 0.305. The van der Waals surface area contributed by atoms with Crippen molar-refractivity contribution in [1.82, 2.24) is 10.2 Å². The van der Waals surface area contributed by atoms with Gasteiger partial charge in [-0.3, -0.25) is 4.90 Å². The van der Waals surface area contributed by atoms with Crippen LogP contribution in [0.5, 0.6) is 0 Å². The molecule has 0 heterocycles. The third kappa shape index (κ3) is 3.96. The van der Waals surface area contributed by atoms with Gasteiger partial charge in [-0.25, -0.2) is 0 Å². The first kappa shape index (κ1) is 16.3. The summed E-state index contributed by atoms with van der Waals surface area (Å²) in [5.41, 5.74) is 0. The summed E-state index contributed by atoms with van der Waals surface area (Å²) >= 11 is 0. The summed E-state index contributed by atoms with van der Waals surface area (Å²) in [6.07, 6.45) is 6.73. The van der Waals surface area contributed by atoms with Crippen molar-refractivity contribution in [3.63, 3.8) is 0 Å². The van der Waals surface area contributed by atoms with E-state index in [9.17, 15) is 5.11 Å². The molecule has 4 atom stereocenters. The molecule has 3 nitrogen and oxygen atoms in total. The van der Waals surface area contributed by atoms with E-state index in [4.69, 9.17) is 0 Å². The molecule has 0 aliphatic heterocycles. The van der Waals surface area contributed by atoms with Crippen LogP contribution < -0.4 is 5.32 Å². The van der Waals surface area contributed by atoms with Crippen LogP contribution in [0.4, 0.5) is 0 Å². The van der Waals surface area contributed by atoms with E-state index in [1.807, 2.05) is 0 Å². The molecule has 0 bridgehead atoms. The average molecular weight is 282 g/mol. The molecule has 2 saturated carbocycles. The Morgan fingerprint density at radius 3 is 2.50 bits per heavy atom. The SMILES string of the molecule is CCNC1CC(C)CC(C)C1CN(CCO)C1CCC1. The van der Waals surface area contributed by atoms with Crippen molar-refractivity contribution in [2.75, 3.05) is 26.2 Å². The monoisotopic (exact) mass is 282 g/mol. The van der Waals surface area contributed by atoms with E-state index in [0.717, 1.165) is 36.9 Å². The Morgan fingerprint density at radius 2 is 1.95 bits per heavy atom. The number of nitrogens with one attached hydrogen (secondary N) is 1. The third-order valence-electron chi connectivity index (χ3n) is 5.57. The van der Waals surface area contributed by atoms with Gasteiger partial charge in [-0.2, -0.15) is 0 Å². The largest absolute Gasteiger partial charge is 0.395 e. The van der Waals surface area contributed by atoms with Crippen LogP contribution in [0.25, 0.3) is 0 Å². The molecule has 0 radical (unpaired) electrons. The van der Waals surface area contributed by atoms with Gasteiger partial charge >= 0.3 is 0 Å².